The van der Waals surface area contributed by atoms with Crippen molar-refractivity contribution in [1.29, 1.82) is 0 Å². The number of hydrogen-bond donors (Lipinski definition) is 1. The van der Waals surface area contributed by atoms with Crippen molar-refractivity contribution >= 4 is 35.0 Å². The molecule has 0 spiro atoms. The zero-order chi connectivity index (χ0) is 26.4. The van der Waals surface area contributed by atoms with E-state index in [9.17, 15) is 4.79 Å². The molecule has 0 aromatic carbocycles. The first-order chi connectivity index (χ1) is 18.3. The molecule has 11 nitrogen and oxygen atoms in total. The summed E-state index contributed by atoms with van der Waals surface area (Å²) in [4.78, 5) is 35.1. The first-order valence-corrected chi connectivity index (χ1v) is 12.9. The summed E-state index contributed by atoms with van der Waals surface area (Å²) < 4.78 is 17.1. The molecule has 2 atom stereocenters. The van der Waals surface area contributed by atoms with Gasteiger partial charge in [-0.1, -0.05) is 11.6 Å². The minimum absolute atomic E-state index is 0.0244. The van der Waals surface area contributed by atoms with Crippen LogP contribution in [0, 0.1) is 6.92 Å². The van der Waals surface area contributed by atoms with Crippen LogP contribution >= 0.6 is 11.6 Å². The molecule has 3 aliphatic rings. The highest BCUT2D eigenvalue weighted by Crippen LogP contribution is 2.43. The fourth-order valence-corrected chi connectivity index (χ4v) is 5.32. The summed E-state index contributed by atoms with van der Waals surface area (Å²) >= 11 is 6.67. The average Bonchev–Trinajstić information content (AvgIpc) is 3.46. The highest BCUT2D eigenvalue weighted by Gasteiger charge is 2.41. The number of hydrogen-bond acceptors (Lipinski definition) is 9. The van der Waals surface area contributed by atoms with E-state index >= 15 is 0 Å². The Hall–Kier alpha value is -3.54. The van der Waals surface area contributed by atoms with Gasteiger partial charge in [-0.2, -0.15) is 0 Å². The lowest BCUT2D eigenvalue weighted by molar-refractivity contribution is -0.141. The predicted octanol–water partition coefficient (Wildman–Crippen LogP) is 4.06. The molecule has 2 amide bonds. The van der Waals surface area contributed by atoms with E-state index in [-0.39, 0.29) is 24.8 Å². The van der Waals surface area contributed by atoms with Gasteiger partial charge in [-0.15, -0.1) is 0 Å². The molecule has 3 aliphatic heterocycles. The third-order valence-corrected chi connectivity index (χ3v) is 7.07. The van der Waals surface area contributed by atoms with E-state index < -0.39 is 5.79 Å². The van der Waals surface area contributed by atoms with E-state index in [1.807, 2.05) is 39.0 Å². The van der Waals surface area contributed by atoms with E-state index in [1.165, 1.54) is 6.33 Å². The third kappa shape index (κ3) is 4.84. The van der Waals surface area contributed by atoms with Crippen LogP contribution in [-0.4, -0.2) is 70.2 Å². The molecule has 3 aromatic rings. The quantitative estimate of drug-likeness (QED) is 0.514. The van der Waals surface area contributed by atoms with Gasteiger partial charge >= 0.3 is 6.03 Å². The molecule has 1 N–H and O–H groups in total. The van der Waals surface area contributed by atoms with Crippen molar-refractivity contribution in [3.05, 3.63) is 47.5 Å². The molecule has 0 radical (unpaired) electrons. The highest BCUT2D eigenvalue weighted by molar-refractivity contribution is 6.33. The lowest BCUT2D eigenvalue weighted by Gasteiger charge is -2.36. The molecule has 0 saturated carbocycles. The number of anilines is 3. The number of aromatic nitrogens is 4. The van der Waals surface area contributed by atoms with Gasteiger partial charge in [0, 0.05) is 36.6 Å². The molecule has 6 rings (SSSR count). The van der Waals surface area contributed by atoms with Crippen LogP contribution in [-0.2, 0) is 9.47 Å². The minimum Gasteiger partial charge on any atom is -0.475 e. The maximum absolute atomic E-state index is 13.6. The summed E-state index contributed by atoms with van der Waals surface area (Å²) in [5, 5.41) is 3.42. The Bertz CT molecular complexity index is 1390. The summed E-state index contributed by atoms with van der Waals surface area (Å²) in [6.45, 7) is 7.87. The Balaban J connectivity index is 1.23. The van der Waals surface area contributed by atoms with Crippen molar-refractivity contribution in [2.75, 3.05) is 41.4 Å². The standard InChI is InChI=1S/C26H28ClN7O4/c1-15-8-16(4-6-28-15)23-19(27)9-20-24(32-23)34(17-5-7-33(20)11-17)25(35)31-21-10-22(30-14-29-21)36-12-18-13-37-26(2,3)38-18/h4,6,8-10,14,17-18H,5,7,11-13H2,1-3H3,(H,29,30,31,35)/t17-,18?/m0/s1. The lowest BCUT2D eigenvalue weighted by atomic mass is 10.1. The molecule has 6 heterocycles. The van der Waals surface area contributed by atoms with Gasteiger partial charge in [-0.25, -0.2) is 19.7 Å². The Morgan fingerprint density at radius 1 is 1.26 bits per heavy atom. The van der Waals surface area contributed by atoms with Crippen LogP contribution in [0.15, 0.2) is 36.8 Å². The summed E-state index contributed by atoms with van der Waals surface area (Å²) in [5.41, 5.74) is 3.14. The molecule has 1 unspecified atom stereocenters. The number of nitrogens with one attached hydrogen (secondary N) is 1. The van der Waals surface area contributed by atoms with Crippen molar-refractivity contribution in [3.63, 3.8) is 0 Å². The molecule has 2 fully saturated rings. The Morgan fingerprint density at radius 2 is 2.13 bits per heavy atom. The van der Waals surface area contributed by atoms with Crippen LogP contribution < -0.4 is 19.9 Å². The molecule has 3 aromatic heterocycles. The predicted molar refractivity (Wildman–Crippen MR) is 142 cm³/mol. The van der Waals surface area contributed by atoms with Crippen molar-refractivity contribution in [2.24, 2.45) is 0 Å². The normalized spacial score (nSPS) is 21.4. The number of pyridine rings is 2. The minimum atomic E-state index is -0.631. The SMILES string of the molecule is Cc1cc(-c2nc3c(cc2Cl)N2CC[C@@H](C2)N3C(=O)Nc2cc(OCC3COC(C)(C)O3)ncn2)ccn1. The fraction of sp³-hybridized carbons (Fsp3) is 0.423. The van der Waals surface area contributed by atoms with Crippen molar-refractivity contribution < 1.29 is 19.0 Å². The Morgan fingerprint density at radius 3 is 2.92 bits per heavy atom. The van der Waals surface area contributed by atoms with Crippen molar-refractivity contribution in [2.45, 2.75) is 45.1 Å². The summed E-state index contributed by atoms with van der Waals surface area (Å²) in [6.07, 6.45) is 3.69. The molecule has 2 saturated heterocycles. The Kier molecular flexibility index (Phi) is 6.29. The molecule has 12 heteroatoms. The number of ether oxygens (including phenoxy) is 3. The average molecular weight is 538 g/mol. The number of carbonyl (C=O) groups is 1. The molecule has 2 bridgehead atoms. The lowest BCUT2D eigenvalue weighted by Crippen LogP contribution is -2.48. The molecule has 0 aliphatic carbocycles. The maximum atomic E-state index is 13.6. The highest BCUT2D eigenvalue weighted by atomic mass is 35.5. The first-order valence-electron chi connectivity index (χ1n) is 12.5. The van der Waals surface area contributed by atoms with Gasteiger partial charge in [-0.05, 0) is 45.4 Å². The van der Waals surface area contributed by atoms with Gasteiger partial charge in [-0.3, -0.25) is 15.2 Å². The van der Waals surface area contributed by atoms with E-state index in [1.54, 1.807) is 17.2 Å². The first kappa shape index (κ1) is 24.8. The zero-order valence-electron chi connectivity index (χ0n) is 21.3. The second-order valence-corrected chi connectivity index (χ2v) is 10.4. The number of urea groups is 1. The number of amides is 2. The summed E-state index contributed by atoms with van der Waals surface area (Å²) in [6, 6.07) is 6.91. The van der Waals surface area contributed by atoms with Gasteiger partial charge in [0.05, 0.1) is 29.1 Å². The van der Waals surface area contributed by atoms with Gasteiger partial charge in [0.15, 0.2) is 11.6 Å². The molecular formula is C26H28ClN7O4. The number of nitrogens with zero attached hydrogens (tertiary/aromatic N) is 6. The summed E-state index contributed by atoms with van der Waals surface area (Å²) in [5.74, 6) is 0.588. The van der Waals surface area contributed by atoms with Crippen molar-refractivity contribution in [3.8, 4) is 17.1 Å². The number of aryl methyl sites for hydroxylation is 1. The second-order valence-electron chi connectivity index (χ2n) is 10.0. The largest absolute Gasteiger partial charge is 0.475 e. The van der Waals surface area contributed by atoms with Crippen LogP contribution in [0.5, 0.6) is 5.88 Å². The van der Waals surface area contributed by atoms with Gasteiger partial charge in [0.1, 0.15) is 24.9 Å². The van der Waals surface area contributed by atoms with Crippen LogP contribution in [0.1, 0.15) is 26.0 Å². The smallest absolute Gasteiger partial charge is 0.329 e. The van der Waals surface area contributed by atoms with E-state index in [2.05, 4.69) is 25.2 Å². The Labute approximate surface area is 225 Å². The number of fused-ring (bicyclic) bond motifs is 4. The van der Waals surface area contributed by atoms with Gasteiger partial charge < -0.3 is 19.1 Å². The molecule has 38 heavy (non-hydrogen) atoms. The maximum Gasteiger partial charge on any atom is 0.329 e. The van der Waals surface area contributed by atoms with E-state index in [0.29, 0.717) is 41.4 Å². The number of rotatable bonds is 5. The second kappa shape index (κ2) is 9.64. The van der Waals surface area contributed by atoms with Crippen molar-refractivity contribution in [1.82, 2.24) is 19.9 Å². The monoisotopic (exact) mass is 537 g/mol. The van der Waals surface area contributed by atoms with E-state index in [4.69, 9.17) is 30.8 Å². The van der Waals surface area contributed by atoms with Crippen LogP contribution in [0.2, 0.25) is 5.02 Å². The number of carbonyl (C=O) groups excluding carboxylic acids is 1. The van der Waals surface area contributed by atoms with Crippen LogP contribution in [0.25, 0.3) is 11.3 Å². The van der Waals surface area contributed by atoms with Crippen LogP contribution in [0.3, 0.4) is 0 Å². The molecule has 198 valence electrons. The molecular weight excluding hydrogens is 510 g/mol. The van der Waals surface area contributed by atoms with E-state index in [0.717, 1.165) is 29.9 Å². The third-order valence-electron chi connectivity index (χ3n) is 6.78. The summed E-state index contributed by atoms with van der Waals surface area (Å²) in [7, 11) is 0. The van der Waals surface area contributed by atoms with Gasteiger partial charge in [0.25, 0.3) is 0 Å². The fourth-order valence-electron chi connectivity index (χ4n) is 5.06. The zero-order valence-corrected chi connectivity index (χ0v) is 22.1. The topological polar surface area (TPSA) is 115 Å². The van der Waals surface area contributed by atoms with Crippen LogP contribution in [0.4, 0.5) is 22.1 Å². The number of halogens is 1. The van der Waals surface area contributed by atoms with Gasteiger partial charge in [0.2, 0.25) is 5.88 Å².